The summed E-state index contributed by atoms with van der Waals surface area (Å²) in [6.45, 7) is 3.30. The monoisotopic (exact) mass is 295 g/mol. The highest BCUT2D eigenvalue weighted by Gasteiger charge is 2.01. The van der Waals surface area contributed by atoms with Gasteiger partial charge in [0, 0.05) is 5.75 Å². The van der Waals surface area contributed by atoms with Crippen LogP contribution in [0.15, 0.2) is 28.6 Å². The van der Waals surface area contributed by atoms with Gasteiger partial charge in [-0.1, -0.05) is 35.2 Å². The predicted molar refractivity (Wildman–Crippen MR) is 80.1 cm³/mol. The molecule has 0 saturated heterocycles. The molecule has 0 saturated carbocycles. The molecule has 19 heavy (non-hydrogen) atoms. The maximum absolute atomic E-state index is 5.67. The van der Waals surface area contributed by atoms with Gasteiger partial charge in [0.2, 0.25) is 0 Å². The van der Waals surface area contributed by atoms with E-state index >= 15 is 0 Å². The molecule has 0 fully saturated rings. The topological polar surface area (TPSA) is 61.0 Å². The predicted octanol–water partition coefficient (Wildman–Crippen LogP) is 2.52. The zero-order chi connectivity index (χ0) is 13.5. The number of thioether (sulfide) groups is 1. The molecular formula is C13H17N3OS2. The zero-order valence-electron chi connectivity index (χ0n) is 10.8. The summed E-state index contributed by atoms with van der Waals surface area (Å²) in [5, 5.41) is 9.03. The first-order valence-electron chi connectivity index (χ1n) is 6.12. The molecule has 0 aliphatic rings. The lowest BCUT2D eigenvalue weighted by atomic mass is 10.1. The number of aromatic nitrogens is 2. The Morgan fingerprint density at radius 1 is 1.26 bits per heavy atom. The maximum Gasteiger partial charge on any atom is 0.174 e. The van der Waals surface area contributed by atoms with Crippen molar-refractivity contribution in [1.29, 1.82) is 0 Å². The first kappa shape index (κ1) is 14.3. The SMILES string of the molecule is Cc1nnc(SCCOc2ccc(CCN)cc2)s1. The van der Waals surface area contributed by atoms with Crippen LogP contribution in [0.2, 0.25) is 0 Å². The minimum absolute atomic E-state index is 0.666. The van der Waals surface area contributed by atoms with Gasteiger partial charge in [0.1, 0.15) is 10.8 Å². The third-order valence-corrected chi connectivity index (χ3v) is 4.38. The van der Waals surface area contributed by atoms with E-state index in [9.17, 15) is 0 Å². The number of aryl methyl sites for hydroxylation is 1. The average molecular weight is 295 g/mol. The second-order valence-electron chi connectivity index (χ2n) is 3.97. The molecule has 6 heteroatoms. The number of hydrogen-bond acceptors (Lipinski definition) is 6. The van der Waals surface area contributed by atoms with Crippen LogP contribution in [0, 0.1) is 6.92 Å². The highest BCUT2D eigenvalue weighted by atomic mass is 32.2. The van der Waals surface area contributed by atoms with E-state index in [1.807, 2.05) is 19.1 Å². The van der Waals surface area contributed by atoms with Crippen LogP contribution in [-0.4, -0.2) is 29.1 Å². The summed E-state index contributed by atoms with van der Waals surface area (Å²) in [7, 11) is 0. The molecule has 0 aliphatic heterocycles. The Morgan fingerprint density at radius 2 is 2.05 bits per heavy atom. The Hall–Kier alpha value is -1.11. The molecule has 2 aromatic rings. The fourth-order valence-corrected chi connectivity index (χ4v) is 3.25. The number of hydrogen-bond donors (Lipinski definition) is 1. The Balaban J connectivity index is 1.70. The minimum atomic E-state index is 0.666. The van der Waals surface area contributed by atoms with Crippen LogP contribution in [-0.2, 0) is 6.42 Å². The summed E-state index contributed by atoms with van der Waals surface area (Å²) in [6.07, 6.45) is 0.909. The Labute approximate surface area is 121 Å². The van der Waals surface area contributed by atoms with Crippen LogP contribution >= 0.6 is 23.1 Å². The van der Waals surface area contributed by atoms with Crippen molar-refractivity contribution in [2.24, 2.45) is 5.73 Å². The highest BCUT2D eigenvalue weighted by molar-refractivity contribution is 8.01. The van der Waals surface area contributed by atoms with Crippen LogP contribution in [0.5, 0.6) is 5.75 Å². The lowest BCUT2D eigenvalue weighted by Crippen LogP contribution is -2.03. The molecule has 0 unspecified atom stereocenters. The van der Waals surface area contributed by atoms with Crippen LogP contribution in [0.25, 0.3) is 0 Å². The van der Waals surface area contributed by atoms with Crippen molar-refractivity contribution < 1.29 is 4.74 Å². The summed E-state index contributed by atoms with van der Waals surface area (Å²) in [6, 6.07) is 8.10. The number of benzene rings is 1. The largest absolute Gasteiger partial charge is 0.493 e. The second kappa shape index (κ2) is 7.47. The molecule has 0 aliphatic carbocycles. The number of nitrogens with zero attached hydrogens (tertiary/aromatic N) is 2. The van der Waals surface area contributed by atoms with Crippen LogP contribution in [0.1, 0.15) is 10.6 Å². The van der Waals surface area contributed by atoms with Gasteiger partial charge in [0.15, 0.2) is 4.34 Å². The summed E-state index contributed by atoms with van der Waals surface area (Å²) in [5.74, 6) is 1.77. The van der Waals surface area contributed by atoms with E-state index in [0.29, 0.717) is 13.2 Å². The summed E-state index contributed by atoms with van der Waals surface area (Å²) in [5.41, 5.74) is 6.75. The van der Waals surface area contributed by atoms with Gasteiger partial charge in [0.25, 0.3) is 0 Å². The molecule has 0 atom stereocenters. The van der Waals surface area contributed by atoms with Gasteiger partial charge < -0.3 is 10.5 Å². The Morgan fingerprint density at radius 3 is 2.68 bits per heavy atom. The molecule has 0 spiro atoms. The zero-order valence-corrected chi connectivity index (χ0v) is 12.5. The van der Waals surface area contributed by atoms with E-state index < -0.39 is 0 Å². The lowest BCUT2D eigenvalue weighted by Gasteiger charge is -2.06. The molecule has 0 bridgehead atoms. The molecule has 0 amide bonds. The van der Waals surface area contributed by atoms with Crippen molar-refractivity contribution in [3.05, 3.63) is 34.8 Å². The van der Waals surface area contributed by atoms with E-state index in [-0.39, 0.29) is 0 Å². The van der Waals surface area contributed by atoms with E-state index in [1.165, 1.54) is 5.56 Å². The fraction of sp³-hybridized carbons (Fsp3) is 0.385. The van der Waals surface area contributed by atoms with E-state index in [0.717, 1.165) is 27.3 Å². The van der Waals surface area contributed by atoms with Gasteiger partial charge in [0.05, 0.1) is 6.61 Å². The molecule has 0 radical (unpaired) electrons. The summed E-state index contributed by atoms with van der Waals surface area (Å²) < 4.78 is 6.67. The van der Waals surface area contributed by atoms with Crippen molar-refractivity contribution in [1.82, 2.24) is 10.2 Å². The Kier molecular flexibility index (Phi) is 5.62. The summed E-state index contributed by atoms with van der Waals surface area (Å²) in [4.78, 5) is 0. The van der Waals surface area contributed by atoms with Crippen molar-refractivity contribution in [2.75, 3.05) is 18.9 Å². The number of rotatable bonds is 7. The van der Waals surface area contributed by atoms with E-state index in [1.54, 1.807) is 23.1 Å². The van der Waals surface area contributed by atoms with Gasteiger partial charge in [-0.2, -0.15) is 0 Å². The third kappa shape index (κ3) is 4.81. The average Bonchev–Trinajstić information content (AvgIpc) is 2.83. The molecule has 1 heterocycles. The standard InChI is InChI=1S/C13H17N3OS2/c1-10-15-16-13(19-10)18-9-8-17-12-4-2-11(3-5-12)6-7-14/h2-5H,6-9,14H2,1H3. The van der Waals surface area contributed by atoms with Crippen molar-refractivity contribution in [3.63, 3.8) is 0 Å². The van der Waals surface area contributed by atoms with Crippen LogP contribution in [0.3, 0.4) is 0 Å². The van der Waals surface area contributed by atoms with Crippen LogP contribution < -0.4 is 10.5 Å². The Bertz CT molecular complexity index is 499. The molecule has 2 N–H and O–H groups in total. The molecule has 1 aromatic carbocycles. The molecule has 2 rings (SSSR count). The normalized spacial score (nSPS) is 10.6. The first-order valence-corrected chi connectivity index (χ1v) is 7.93. The quantitative estimate of drug-likeness (QED) is 0.628. The van der Waals surface area contributed by atoms with Gasteiger partial charge in [-0.05, 0) is 37.6 Å². The molecule has 4 nitrogen and oxygen atoms in total. The smallest absolute Gasteiger partial charge is 0.174 e. The van der Waals surface area contributed by atoms with Gasteiger partial charge in [-0.15, -0.1) is 10.2 Å². The van der Waals surface area contributed by atoms with Gasteiger partial charge in [-0.25, -0.2) is 0 Å². The third-order valence-electron chi connectivity index (χ3n) is 2.44. The van der Waals surface area contributed by atoms with E-state index in [4.69, 9.17) is 10.5 Å². The van der Waals surface area contributed by atoms with Gasteiger partial charge in [-0.3, -0.25) is 0 Å². The molecule has 102 valence electrons. The van der Waals surface area contributed by atoms with Crippen molar-refractivity contribution >= 4 is 23.1 Å². The first-order chi connectivity index (χ1) is 9.28. The fourth-order valence-electron chi connectivity index (χ4n) is 1.54. The lowest BCUT2D eigenvalue weighted by molar-refractivity contribution is 0.344. The number of nitrogens with two attached hydrogens (primary N) is 1. The van der Waals surface area contributed by atoms with Crippen molar-refractivity contribution in [3.8, 4) is 5.75 Å². The summed E-state index contributed by atoms with van der Waals surface area (Å²) >= 11 is 3.29. The second-order valence-corrected chi connectivity index (χ2v) is 6.49. The highest BCUT2D eigenvalue weighted by Crippen LogP contribution is 2.21. The van der Waals surface area contributed by atoms with E-state index in [2.05, 4.69) is 22.3 Å². The van der Waals surface area contributed by atoms with Crippen LogP contribution in [0.4, 0.5) is 0 Å². The van der Waals surface area contributed by atoms with Crippen molar-refractivity contribution in [2.45, 2.75) is 17.7 Å². The maximum atomic E-state index is 5.67. The number of ether oxygens (including phenoxy) is 1. The molecular weight excluding hydrogens is 278 g/mol. The minimum Gasteiger partial charge on any atom is -0.493 e. The molecule has 1 aromatic heterocycles. The van der Waals surface area contributed by atoms with Gasteiger partial charge >= 0.3 is 0 Å².